The summed E-state index contributed by atoms with van der Waals surface area (Å²) in [5.74, 6) is -1.45. The summed E-state index contributed by atoms with van der Waals surface area (Å²) in [6, 6.07) is 4.58. The highest BCUT2D eigenvalue weighted by Gasteiger charge is 2.22. The molecule has 0 fully saturated rings. The van der Waals surface area contributed by atoms with Crippen LogP contribution in [0.5, 0.6) is 5.88 Å². The zero-order valence-corrected chi connectivity index (χ0v) is 18.5. The third-order valence-corrected chi connectivity index (χ3v) is 5.61. The lowest BCUT2D eigenvalue weighted by Crippen LogP contribution is -2.25. The molecule has 3 rings (SSSR count). The van der Waals surface area contributed by atoms with Gasteiger partial charge in [0.25, 0.3) is 0 Å². The number of hydrogen-bond acceptors (Lipinski definition) is 5. The molecule has 0 aliphatic heterocycles. The van der Waals surface area contributed by atoms with Crippen molar-refractivity contribution < 1.29 is 23.4 Å². The summed E-state index contributed by atoms with van der Waals surface area (Å²) in [5, 5.41) is 10.2. The van der Waals surface area contributed by atoms with Gasteiger partial charge in [0, 0.05) is 17.8 Å². The average Bonchev–Trinajstić information content (AvgIpc) is 2.74. The van der Waals surface area contributed by atoms with E-state index >= 15 is 0 Å². The van der Waals surface area contributed by atoms with E-state index in [2.05, 4.69) is 4.98 Å². The Bertz CT molecular complexity index is 1220. The molecule has 3 aromatic rings. The SMILES string of the molecule is COc1nc2c(cc1CCc1ccc(F)cc1F)c(=O)c(C(C)=O)cn2[C@H](CO)C(C)C. The van der Waals surface area contributed by atoms with Crippen LogP contribution in [-0.2, 0) is 12.8 Å². The van der Waals surface area contributed by atoms with E-state index in [0.29, 0.717) is 16.8 Å². The molecule has 0 spiro atoms. The van der Waals surface area contributed by atoms with Gasteiger partial charge in [-0.05, 0) is 43.4 Å². The number of aliphatic hydroxyl groups excluding tert-OH is 1. The molecule has 0 amide bonds. The number of carbonyl (C=O) groups excluding carboxylic acids is 1. The Morgan fingerprint density at radius 3 is 2.44 bits per heavy atom. The predicted octanol–water partition coefficient (Wildman–Crippen LogP) is 3.86. The van der Waals surface area contributed by atoms with Crippen molar-refractivity contribution in [2.45, 2.75) is 39.7 Å². The van der Waals surface area contributed by atoms with Gasteiger partial charge in [0.1, 0.15) is 17.3 Å². The molecular formula is C24H26F2N2O4. The van der Waals surface area contributed by atoms with E-state index in [-0.39, 0.29) is 42.2 Å². The third-order valence-electron chi connectivity index (χ3n) is 5.61. The van der Waals surface area contributed by atoms with Gasteiger partial charge in [-0.3, -0.25) is 9.59 Å². The van der Waals surface area contributed by atoms with Crippen LogP contribution in [0.3, 0.4) is 0 Å². The maximum absolute atomic E-state index is 14.0. The number of fused-ring (bicyclic) bond motifs is 1. The van der Waals surface area contributed by atoms with Gasteiger partial charge < -0.3 is 14.4 Å². The fourth-order valence-corrected chi connectivity index (χ4v) is 3.77. The van der Waals surface area contributed by atoms with Crippen molar-refractivity contribution in [1.29, 1.82) is 0 Å². The van der Waals surface area contributed by atoms with Crippen molar-refractivity contribution in [3.8, 4) is 5.88 Å². The Balaban J connectivity index is 2.18. The van der Waals surface area contributed by atoms with E-state index in [1.54, 1.807) is 10.6 Å². The number of ether oxygens (including phenoxy) is 1. The summed E-state index contributed by atoms with van der Waals surface area (Å²) in [6.07, 6.45) is 1.96. The van der Waals surface area contributed by atoms with Gasteiger partial charge in [-0.1, -0.05) is 19.9 Å². The molecule has 6 nitrogen and oxygen atoms in total. The normalized spacial score (nSPS) is 12.4. The number of aromatic nitrogens is 2. The van der Waals surface area contributed by atoms with Crippen LogP contribution in [0.25, 0.3) is 11.0 Å². The summed E-state index contributed by atoms with van der Waals surface area (Å²) >= 11 is 0. The number of benzene rings is 1. The van der Waals surface area contributed by atoms with Crippen LogP contribution in [0.1, 0.15) is 48.3 Å². The van der Waals surface area contributed by atoms with Crippen LogP contribution >= 0.6 is 0 Å². The molecule has 0 saturated carbocycles. The number of Topliss-reactive ketones (excluding diaryl/α,β-unsaturated/α-hetero) is 1. The van der Waals surface area contributed by atoms with Crippen molar-refractivity contribution in [1.82, 2.24) is 9.55 Å². The van der Waals surface area contributed by atoms with Gasteiger partial charge in [-0.2, -0.15) is 4.98 Å². The van der Waals surface area contributed by atoms with Crippen molar-refractivity contribution in [3.63, 3.8) is 0 Å². The Labute approximate surface area is 184 Å². The van der Waals surface area contributed by atoms with Crippen LogP contribution in [0.15, 0.2) is 35.3 Å². The Kier molecular flexibility index (Phi) is 7.03. The van der Waals surface area contributed by atoms with E-state index in [4.69, 9.17) is 4.74 Å². The highest BCUT2D eigenvalue weighted by Crippen LogP contribution is 2.27. The van der Waals surface area contributed by atoms with Gasteiger partial charge in [-0.15, -0.1) is 0 Å². The second kappa shape index (κ2) is 9.56. The van der Waals surface area contributed by atoms with E-state index < -0.39 is 28.9 Å². The molecule has 8 heteroatoms. The molecule has 2 aromatic heterocycles. The first kappa shape index (κ1) is 23.5. The second-order valence-electron chi connectivity index (χ2n) is 8.09. The van der Waals surface area contributed by atoms with E-state index in [9.17, 15) is 23.5 Å². The average molecular weight is 444 g/mol. The number of pyridine rings is 2. The summed E-state index contributed by atoms with van der Waals surface area (Å²) in [6.45, 7) is 4.94. The summed E-state index contributed by atoms with van der Waals surface area (Å²) in [5.41, 5.74) is 0.704. The van der Waals surface area contributed by atoms with Gasteiger partial charge in [-0.25, -0.2) is 8.78 Å². The molecule has 1 atom stereocenters. The molecule has 0 bridgehead atoms. The lowest BCUT2D eigenvalue weighted by atomic mass is 10.0. The minimum atomic E-state index is -0.655. The minimum Gasteiger partial charge on any atom is -0.481 e. The number of carbonyl (C=O) groups is 1. The maximum atomic E-state index is 14.0. The topological polar surface area (TPSA) is 81.4 Å². The van der Waals surface area contributed by atoms with E-state index in [0.717, 1.165) is 6.07 Å². The lowest BCUT2D eigenvalue weighted by molar-refractivity contribution is 0.101. The number of aliphatic hydroxyl groups is 1. The van der Waals surface area contributed by atoms with Crippen LogP contribution in [0.2, 0.25) is 0 Å². The van der Waals surface area contributed by atoms with Crippen molar-refractivity contribution in [2.75, 3.05) is 13.7 Å². The largest absolute Gasteiger partial charge is 0.481 e. The zero-order chi connectivity index (χ0) is 23.6. The number of hydrogen-bond donors (Lipinski definition) is 1. The third kappa shape index (κ3) is 4.55. The molecule has 0 unspecified atom stereocenters. The quantitative estimate of drug-likeness (QED) is 0.534. The fourth-order valence-electron chi connectivity index (χ4n) is 3.77. The molecule has 1 N–H and O–H groups in total. The van der Waals surface area contributed by atoms with Crippen molar-refractivity contribution in [2.24, 2.45) is 5.92 Å². The number of ketones is 1. The molecule has 0 aliphatic rings. The van der Waals surface area contributed by atoms with Gasteiger partial charge in [0.2, 0.25) is 11.3 Å². The number of nitrogens with zero attached hydrogens (tertiary/aromatic N) is 2. The summed E-state index contributed by atoms with van der Waals surface area (Å²) < 4.78 is 34.3. The first-order valence-corrected chi connectivity index (χ1v) is 10.4. The smallest absolute Gasteiger partial charge is 0.218 e. The molecule has 0 radical (unpaired) electrons. The predicted molar refractivity (Wildman–Crippen MR) is 117 cm³/mol. The van der Waals surface area contributed by atoms with Crippen molar-refractivity contribution in [3.05, 3.63) is 69.0 Å². The highest BCUT2D eigenvalue weighted by atomic mass is 19.1. The first-order chi connectivity index (χ1) is 15.2. The molecule has 0 saturated heterocycles. The Hall–Kier alpha value is -3.13. The molecule has 2 heterocycles. The molecule has 170 valence electrons. The lowest BCUT2D eigenvalue weighted by Gasteiger charge is -2.24. The first-order valence-electron chi connectivity index (χ1n) is 10.4. The molecular weight excluding hydrogens is 418 g/mol. The number of rotatable bonds is 8. The van der Waals surface area contributed by atoms with Gasteiger partial charge in [0.15, 0.2) is 5.78 Å². The minimum absolute atomic E-state index is 0.000525. The number of aryl methyl sites for hydroxylation is 2. The summed E-state index contributed by atoms with van der Waals surface area (Å²) in [4.78, 5) is 29.7. The van der Waals surface area contributed by atoms with Crippen LogP contribution in [0, 0.1) is 17.6 Å². The second-order valence-corrected chi connectivity index (χ2v) is 8.09. The van der Waals surface area contributed by atoms with Crippen LogP contribution < -0.4 is 10.2 Å². The van der Waals surface area contributed by atoms with Crippen LogP contribution in [-0.4, -0.2) is 34.2 Å². The van der Waals surface area contributed by atoms with E-state index in [1.165, 1.54) is 32.4 Å². The number of halogens is 2. The maximum Gasteiger partial charge on any atom is 0.218 e. The van der Waals surface area contributed by atoms with Crippen molar-refractivity contribution >= 4 is 16.8 Å². The monoisotopic (exact) mass is 444 g/mol. The van der Waals surface area contributed by atoms with Gasteiger partial charge in [0.05, 0.1) is 30.7 Å². The molecule has 0 aliphatic carbocycles. The number of methoxy groups -OCH3 is 1. The fraction of sp³-hybridized carbons (Fsp3) is 0.375. The highest BCUT2D eigenvalue weighted by molar-refractivity contribution is 5.96. The summed E-state index contributed by atoms with van der Waals surface area (Å²) in [7, 11) is 1.44. The van der Waals surface area contributed by atoms with Crippen LogP contribution in [0.4, 0.5) is 8.78 Å². The van der Waals surface area contributed by atoms with E-state index in [1.807, 2.05) is 13.8 Å². The standard InChI is InChI=1S/C24H26F2N2O4/c1-13(2)21(12-29)28-11-19(14(3)30)22(31)18-9-16(24(32-4)27-23(18)28)6-5-15-7-8-17(25)10-20(15)26/h7-11,13,21,29H,5-6,12H2,1-4H3/t21-/m1/s1. The molecule has 32 heavy (non-hydrogen) atoms. The Morgan fingerprint density at radius 1 is 1.19 bits per heavy atom. The van der Waals surface area contributed by atoms with Gasteiger partial charge >= 0.3 is 0 Å². The zero-order valence-electron chi connectivity index (χ0n) is 18.5. The Morgan fingerprint density at radius 2 is 1.88 bits per heavy atom. The molecule has 1 aromatic carbocycles.